The molecule has 1 unspecified atom stereocenters. The third kappa shape index (κ3) is 15.3. The molecule has 0 bridgehead atoms. The van der Waals surface area contributed by atoms with E-state index in [1.54, 1.807) is 37.3 Å². The third-order valence-electron chi connectivity index (χ3n) is 4.43. The number of phenolic OH excluding ortho intramolecular Hbond substituents is 1. The topological polar surface area (TPSA) is 66.6 Å². The van der Waals surface area contributed by atoms with Crippen molar-refractivity contribution in [3.05, 3.63) is 70.5 Å². The van der Waals surface area contributed by atoms with Crippen LogP contribution < -0.4 is 5.73 Å². The monoisotopic (exact) mass is 478 g/mol. The van der Waals surface area contributed by atoms with E-state index in [1.165, 1.54) is 25.3 Å². The number of aromatic hydroxyl groups is 1. The van der Waals surface area contributed by atoms with Gasteiger partial charge in [0.25, 0.3) is 0 Å². The quantitative estimate of drug-likeness (QED) is 0.404. The van der Waals surface area contributed by atoms with Crippen LogP contribution in [0.4, 0.5) is 4.39 Å². The van der Waals surface area contributed by atoms with Crippen LogP contribution in [0.25, 0.3) is 5.57 Å². The molecule has 3 N–H and O–H groups in total. The number of hydrogen-bond acceptors (Lipinski definition) is 4. The van der Waals surface area contributed by atoms with Crippen LogP contribution >= 0.6 is 11.6 Å². The molecule has 0 aliphatic rings. The van der Waals surface area contributed by atoms with Crippen molar-refractivity contribution in [2.45, 2.75) is 58.9 Å². The third-order valence-corrected chi connectivity index (χ3v) is 4.67. The molecular weight excluding hydrogens is 439 g/mol. The average molecular weight is 479 g/mol. The number of carbonyl (C=O) groups is 1. The number of phenols is 1. The van der Waals surface area contributed by atoms with Crippen molar-refractivity contribution in [2.24, 2.45) is 5.73 Å². The summed E-state index contributed by atoms with van der Waals surface area (Å²) in [6.07, 6.45) is 7.96. The van der Waals surface area contributed by atoms with E-state index in [1.807, 2.05) is 31.1 Å². The molecule has 0 radical (unpaired) electrons. The Morgan fingerprint density at radius 1 is 1.18 bits per heavy atom. The Balaban J connectivity index is 0.000000774. The summed E-state index contributed by atoms with van der Waals surface area (Å²) in [6.45, 7) is 6.83. The summed E-state index contributed by atoms with van der Waals surface area (Å²) in [5, 5.41) is 10.0. The Hall–Kier alpha value is -2.21. The first kappa shape index (κ1) is 30.8. The second-order valence-electron chi connectivity index (χ2n) is 8.20. The number of hydrogen-bond donors (Lipinski definition) is 2. The predicted molar refractivity (Wildman–Crippen MR) is 139 cm³/mol. The molecule has 0 aliphatic carbocycles. The molecule has 0 fully saturated rings. The number of rotatable bonds is 9. The molecule has 0 aliphatic heterocycles. The first-order valence-electron chi connectivity index (χ1n) is 11.4. The number of benzene rings is 2. The molecule has 2 rings (SSSR count). The molecule has 184 valence electrons. The maximum atomic E-state index is 14.1. The van der Waals surface area contributed by atoms with Crippen molar-refractivity contribution in [1.29, 1.82) is 0 Å². The Kier molecular flexibility index (Phi) is 17.0. The zero-order chi connectivity index (χ0) is 25.2. The smallest absolute Gasteiger partial charge is 0.130 e. The maximum absolute atomic E-state index is 14.1. The molecular formula is C27H40ClFN2O2. The van der Waals surface area contributed by atoms with Gasteiger partial charge >= 0.3 is 0 Å². The normalized spacial score (nSPS) is 11.7. The van der Waals surface area contributed by atoms with Crippen molar-refractivity contribution in [3.8, 4) is 5.75 Å². The van der Waals surface area contributed by atoms with Gasteiger partial charge in [-0.05, 0) is 68.9 Å². The van der Waals surface area contributed by atoms with E-state index in [0.717, 1.165) is 17.4 Å². The number of unbranched alkanes of at least 4 members (excludes halogenated alkanes) is 2. The van der Waals surface area contributed by atoms with E-state index in [0.29, 0.717) is 30.0 Å². The predicted octanol–water partition coefficient (Wildman–Crippen LogP) is 6.49. The fourth-order valence-corrected chi connectivity index (χ4v) is 2.95. The first-order valence-corrected chi connectivity index (χ1v) is 11.8. The van der Waals surface area contributed by atoms with Gasteiger partial charge in [0.15, 0.2) is 0 Å². The van der Waals surface area contributed by atoms with Crippen LogP contribution in [0.2, 0.25) is 5.02 Å². The van der Waals surface area contributed by atoms with Crippen molar-refractivity contribution in [1.82, 2.24) is 4.90 Å². The van der Waals surface area contributed by atoms with Crippen LogP contribution in [-0.4, -0.2) is 43.0 Å². The van der Waals surface area contributed by atoms with E-state index < -0.39 is 0 Å². The van der Waals surface area contributed by atoms with Gasteiger partial charge in [-0.2, -0.15) is 0 Å². The largest absolute Gasteiger partial charge is 0.508 e. The Labute approximate surface area is 204 Å². The highest BCUT2D eigenvalue weighted by atomic mass is 35.5. The second kappa shape index (κ2) is 18.2. The summed E-state index contributed by atoms with van der Waals surface area (Å²) in [7, 11) is 3.87. The fraction of sp³-hybridized carbons (Fsp3) is 0.444. The van der Waals surface area contributed by atoms with Crippen LogP contribution in [0.3, 0.4) is 0 Å². The Morgan fingerprint density at radius 2 is 1.85 bits per heavy atom. The van der Waals surface area contributed by atoms with Crippen molar-refractivity contribution in [3.63, 3.8) is 0 Å². The van der Waals surface area contributed by atoms with Gasteiger partial charge in [-0.15, -0.1) is 0 Å². The fourth-order valence-electron chi connectivity index (χ4n) is 2.77. The number of aldehydes is 1. The molecule has 33 heavy (non-hydrogen) atoms. The Bertz CT molecular complexity index is 837. The van der Waals surface area contributed by atoms with Crippen LogP contribution in [0.5, 0.6) is 5.75 Å². The molecule has 0 aromatic heterocycles. The molecule has 4 nitrogen and oxygen atoms in total. The number of likely N-dealkylation sites (N-methyl/N-ethyl adjacent to an activating group) is 1. The van der Waals surface area contributed by atoms with Crippen molar-refractivity contribution in [2.75, 3.05) is 20.6 Å². The van der Waals surface area contributed by atoms with Crippen LogP contribution in [0, 0.1) is 5.82 Å². The minimum Gasteiger partial charge on any atom is -0.508 e. The summed E-state index contributed by atoms with van der Waals surface area (Å²) in [4.78, 5) is 11.5. The van der Waals surface area contributed by atoms with Crippen molar-refractivity contribution >= 4 is 23.5 Å². The van der Waals surface area contributed by atoms with Gasteiger partial charge in [0.1, 0.15) is 17.9 Å². The van der Waals surface area contributed by atoms with Gasteiger partial charge in [0, 0.05) is 29.6 Å². The summed E-state index contributed by atoms with van der Waals surface area (Å²) in [5.74, 6) is -0.0533. The molecule has 0 spiro atoms. The summed E-state index contributed by atoms with van der Waals surface area (Å²) >= 11 is 5.99. The highest BCUT2D eigenvalue weighted by molar-refractivity contribution is 6.30. The number of carbonyl (C=O) groups excluding carboxylic acids is 1. The molecule has 6 heteroatoms. The van der Waals surface area contributed by atoms with E-state index in [9.17, 15) is 14.3 Å². The van der Waals surface area contributed by atoms with Crippen molar-refractivity contribution < 1.29 is 14.3 Å². The van der Waals surface area contributed by atoms with Crippen LogP contribution in [0.15, 0.2) is 48.5 Å². The molecule has 0 saturated heterocycles. The summed E-state index contributed by atoms with van der Waals surface area (Å²) in [5.41, 5.74) is 7.53. The minimum atomic E-state index is -0.284. The highest BCUT2D eigenvalue weighted by Gasteiger charge is 2.10. The first-order chi connectivity index (χ1) is 15.6. The second-order valence-corrected chi connectivity index (χ2v) is 8.63. The van der Waals surface area contributed by atoms with Gasteiger partial charge in [0.05, 0.1) is 0 Å². The SMILES string of the molecule is CC(N)CC=O.CCCCC.CN(C)C/C(=C\Cc1cccc(O)c1)c1cc(Cl)ccc1F. The summed E-state index contributed by atoms with van der Waals surface area (Å²) in [6, 6.07) is 11.7. The molecule has 0 saturated carbocycles. The standard InChI is InChI=1S/C18H19ClFNO.C5H12.C4H9NO/c1-21(2)12-14(17-11-15(19)8-9-18(17)20)7-6-13-4-3-5-16(22)10-13;1-3-5-4-2;1-4(5)2-3-6/h3-5,7-11,22H,6,12H2,1-2H3;3-5H2,1-2H3;3-4H,2,5H2,1H3/b14-7+;;. The lowest BCUT2D eigenvalue weighted by Crippen LogP contribution is -2.15. The Morgan fingerprint density at radius 3 is 2.30 bits per heavy atom. The van der Waals surface area contributed by atoms with Gasteiger partial charge in [-0.25, -0.2) is 4.39 Å². The summed E-state index contributed by atoms with van der Waals surface area (Å²) < 4.78 is 14.1. The molecule has 0 amide bonds. The number of allylic oxidation sites excluding steroid dienone is 1. The minimum absolute atomic E-state index is 0.0301. The van der Waals surface area contributed by atoms with E-state index >= 15 is 0 Å². The van der Waals surface area contributed by atoms with Crippen LogP contribution in [-0.2, 0) is 11.2 Å². The van der Waals surface area contributed by atoms with E-state index in [4.69, 9.17) is 17.3 Å². The maximum Gasteiger partial charge on any atom is 0.130 e. The lowest BCUT2D eigenvalue weighted by molar-refractivity contribution is -0.108. The lowest BCUT2D eigenvalue weighted by atomic mass is 10.0. The number of nitrogens with two attached hydrogens (primary N) is 1. The zero-order valence-corrected chi connectivity index (χ0v) is 21.4. The number of nitrogens with zero attached hydrogens (tertiary/aromatic N) is 1. The highest BCUT2D eigenvalue weighted by Crippen LogP contribution is 2.24. The molecule has 2 aromatic rings. The molecule has 1 atom stereocenters. The number of halogens is 2. The van der Waals surface area contributed by atoms with Gasteiger partial charge in [-0.1, -0.05) is 62.9 Å². The van der Waals surface area contributed by atoms with Gasteiger partial charge < -0.3 is 20.5 Å². The zero-order valence-electron chi connectivity index (χ0n) is 20.7. The van der Waals surface area contributed by atoms with Gasteiger partial charge in [0.2, 0.25) is 0 Å². The van der Waals surface area contributed by atoms with Gasteiger partial charge in [-0.3, -0.25) is 0 Å². The van der Waals surface area contributed by atoms with E-state index in [2.05, 4.69) is 13.8 Å². The lowest BCUT2D eigenvalue weighted by Gasteiger charge is -2.15. The average Bonchev–Trinajstić information content (AvgIpc) is 2.74. The molecule has 0 heterocycles. The molecule has 2 aromatic carbocycles. The van der Waals surface area contributed by atoms with E-state index in [-0.39, 0.29) is 17.6 Å². The van der Waals surface area contributed by atoms with Crippen LogP contribution in [0.1, 0.15) is 57.6 Å².